The van der Waals surface area contributed by atoms with E-state index in [9.17, 15) is 0 Å². The number of furan rings is 2. The van der Waals surface area contributed by atoms with Gasteiger partial charge < -0.3 is 18.6 Å². The molecule has 4 nitrogen and oxygen atoms in total. The largest absolute Gasteiger partial charge is 0.457 e. The highest BCUT2D eigenvalue weighted by Crippen LogP contribution is 2.54. The zero-order chi connectivity index (χ0) is 40.0. The molecule has 0 saturated carbocycles. The first-order valence-corrected chi connectivity index (χ1v) is 21.3. The predicted octanol–water partition coefficient (Wildman–Crippen LogP) is 14.9. The van der Waals surface area contributed by atoms with Gasteiger partial charge in [0.1, 0.15) is 16.9 Å². The summed E-state index contributed by atoms with van der Waals surface area (Å²) in [5.41, 5.74) is 14.2. The quantitative estimate of drug-likeness (QED) is 0.168. The van der Waals surface area contributed by atoms with Gasteiger partial charge in [-0.1, -0.05) is 153 Å². The van der Waals surface area contributed by atoms with E-state index in [1.807, 2.05) is 6.07 Å². The Morgan fingerprint density at radius 3 is 2.27 bits per heavy atom. The number of anilines is 4. The van der Waals surface area contributed by atoms with Gasteiger partial charge in [-0.15, -0.1) is 0 Å². The van der Waals surface area contributed by atoms with Crippen LogP contribution in [0.3, 0.4) is 0 Å². The summed E-state index contributed by atoms with van der Waals surface area (Å²) in [6.45, 7) is 4.62. The van der Waals surface area contributed by atoms with Gasteiger partial charge in [0.25, 0.3) is 0 Å². The Hall–Kier alpha value is -7.04. The Bertz CT molecular complexity index is 3160. The van der Waals surface area contributed by atoms with Crippen LogP contribution in [0.2, 0.25) is 0 Å². The minimum atomic E-state index is -0.420. The van der Waals surface area contributed by atoms with E-state index < -0.39 is 5.54 Å². The molecule has 3 aliphatic carbocycles. The average molecular weight is 777 g/mol. The smallest absolute Gasteiger partial charge is 0.158 e. The molecule has 2 aromatic heterocycles. The maximum absolute atomic E-state index is 7.32. The zero-order valence-electron chi connectivity index (χ0n) is 33.8. The summed E-state index contributed by atoms with van der Waals surface area (Å²) in [6.07, 6.45) is 20.5. The first-order valence-electron chi connectivity index (χ1n) is 21.3. The van der Waals surface area contributed by atoms with E-state index in [0.717, 1.165) is 68.4 Å². The molecule has 4 unspecified atom stereocenters. The zero-order valence-corrected chi connectivity index (χ0v) is 33.8. The molecule has 0 bridgehead atoms. The highest BCUT2D eigenvalue weighted by atomic mass is 16.3. The third-order valence-corrected chi connectivity index (χ3v) is 13.3. The van der Waals surface area contributed by atoms with E-state index >= 15 is 0 Å². The second-order valence-electron chi connectivity index (χ2n) is 17.1. The third kappa shape index (κ3) is 5.37. The van der Waals surface area contributed by atoms with Crippen LogP contribution in [-0.2, 0) is 0 Å². The van der Waals surface area contributed by atoms with Crippen molar-refractivity contribution < 1.29 is 8.83 Å². The Morgan fingerprint density at radius 2 is 1.43 bits per heavy atom. The lowest BCUT2D eigenvalue weighted by Crippen LogP contribution is -2.42. The molecule has 12 rings (SSSR count). The van der Waals surface area contributed by atoms with Gasteiger partial charge in [0.05, 0.1) is 23.2 Å². The van der Waals surface area contributed by atoms with Crippen molar-refractivity contribution in [3.8, 4) is 0 Å². The van der Waals surface area contributed by atoms with Crippen molar-refractivity contribution in [2.45, 2.75) is 44.2 Å². The van der Waals surface area contributed by atoms with Gasteiger partial charge in [0.2, 0.25) is 0 Å². The lowest BCUT2D eigenvalue weighted by atomic mass is 9.84. The van der Waals surface area contributed by atoms with E-state index in [-0.39, 0.29) is 12.0 Å². The Kier molecular flexibility index (Phi) is 7.87. The molecule has 0 spiro atoms. The molecule has 0 amide bonds. The number of para-hydroxylation sites is 5. The van der Waals surface area contributed by atoms with Gasteiger partial charge in [0.15, 0.2) is 5.58 Å². The second-order valence-corrected chi connectivity index (χ2v) is 17.1. The molecule has 3 heterocycles. The molecule has 4 atom stereocenters. The normalized spacial score (nSPS) is 21.6. The number of nitrogens with zero attached hydrogens (tertiary/aromatic N) is 2. The molecule has 4 heteroatoms. The molecule has 8 aromatic rings. The molecule has 4 aliphatic rings. The van der Waals surface area contributed by atoms with Crippen LogP contribution in [0.5, 0.6) is 0 Å². The van der Waals surface area contributed by atoms with Crippen molar-refractivity contribution in [1.82, 2.24) is 0 Å². The van der Waals surface area contributed by atoms with Crippen molar-refractivity contribution in [2.75, 3.05) is 9.80 Å². The Labute approximate surface area is 350 Å². The Morgan fingerprint density at radius 1 is 0.650 bits per heavy atom. The molecule has 0 saturated heterocycles. The van der Waals surface area contributed by atoms with Crippen molar-refractivity contribution in [1.29, 1.82) is 0 Å². The fourth-order valence-electron chi connectivity index (χ4n) is 10.3. The van der Waals surface area contributed by atoms with Gasteiger partial charge in [-0.2, -0.15) is 0 Å². The van der Waals surface area contributed by atoms with Crippen LogP contribution < -0.4 is 9.80 Å². The van der Waals surface area contributed by atoms with Gasteiger partial charge in [-0.25, -0.2) is 0 Å². The fourth-order valence-corrected chi connectivity index (χ4v) is 10.3. The van der Waals surface area contributed by atoms with Crippen molar-refractivity contribution >= 4 is 72.9 Å². The second kappa shape index (κ2) is 13.5. The van der Waals surface area contributed by atoms with Crippen LogP contribution in [-0.4, -0.2) is 11.6 Å². The number of hydrogen-bond donors (Lipinski definition) is 0. The molecular formula is C56H44N2O2. The summed E-state index contributed by atoms with van der Waals surface area (Å²) in [5.74, 6) is 1.66. The van der Waals surface area contributed by atoms with Crippen molar-refractivity contribution in [3.63, 3.8) is 0 Å². The number of allylic oxidation sites excluding steroid dienone is 6. The molecule has 6 aromatic carbocycles. The SMILES string of the molecule is CC1C=CC(c2ccc(N(c3cccc4c5c(oc34)C3c4ccccc4N(c4ccccc4)C3C=C5)C3(C)C=CC(c4cccc5c4oc4ccccc45)=CC3)cc2)=CC1. The topological polar surface area (TPSA) is 32.8 Å². The van der Waals surface area contributed by atoms with E-state index in [0.29, 0.717) is 5.92 Å². The average Bonchev–Trinajstić information content (AvgIpc) is 3.98. The van der Waals surface area contributed by atoms with E-state index in [1.165, 1.54) is 39.2 Å². The maximum Gasteiger partial charge on any atom is 0.158 e. The molecular weight excluding hydrogens is 733 g/mol. The summed E-state index contributed by atoms with van der Waals surface area (Å²) in [6, 6.07) is 50.3. The minimum Gasteiger partial charge on any atom is -0.457 e. The number of rotatable bonds is 6. The molecule has 290 valence electrons. The summed E-state index contributed by atoms with van der Waals surface area (Å²) >= 11 is 0. The molecule has 0 radical (unpaired) electrons. The van der Waals surface area contributed by atoms with Crippen LogP contribution in [0.25, 0.3) is 50.1 Å². The van der Waals surface area contributed by atoms with Gasteiger partial charge in [-0.05, 0) is 90.4 Å². The summed E-state index contributed by atoms with van der Waals surface area (Å²) < 4.78 is 13.8. The van der Waals surface area contributed by atoms with E-state index in [1.54, 1.807) is 0 Å². The minimum absolute atomic E-state index is 0.0607. The highest BCUT2D eigenvalue weighted by molar-refractivity contribution is 6.09. The van der Waals surface area contributed by atoms with Crippen LogP contribution in [0.1, 0.15) is 60.6 Å². The number of hydrogen-bond acceptors (Lipinski definition) is 4. The van der Waals surface area contributed by atoms with Crippen LogP contribution >= 0.6 is 0 Å². The summed E-state index contributed by atoms with van der Waals surface area (Å²) in [7, 11) is 0. The molecule has 1 aliphatic heterocycles. The number of benzene rings is 6. The van der Waals surface area contributed by atoms with Gasteiger partial charge in [-0.3, -0.25) is 0 Å². The summed E-state index contributed by atoms with van der Waals surface area (Å²) in [5, 5.41) is 3.43. The predicted molar refractivity (Wildman–Crippen MR) is 249 cm³/mol. The first kappa shape index (κ1) is 35.0. The fraction of sp³-hybridized carbons (Fsp3) is 0.143. The summed E-state index contributed by atoms with van der Waals surface area (Å²) in [4.78, 5) is 4.98. The van der Waals surface area contributed by atoms with Crippen LogP contribution in [0.4, 0.5) is 22.7 Å². The molecule has 0 fully saturated rings. The van der Waals surface area contributed by atoms with Crippen LogP contribution in [0.15, 0.2) is 191 Å². The Balaban J connectivity index is 0.983. The van der Waals surface area contributed by atoms with Crippen molar-refractivity contribution in [2.24, 2.45) is 5.92 Å². The standard InChI is InChI=1S/C56H44N2O2/c1-36-22-24-37(25-23-36)38-26-28-41(29-27-38)58(56(2)34-32-39(33-35-56)42-16-10-17-44-43-14-7-9-21-51(43)59-53(42)44)50-20-11-18-45-46-30-31-49-52(55(46)60-54(45)50)47-15-6-8-19-48(47)57(49)40-12-4-3-5-13-40/h3-22,24-34,36,49,52H,23,35H2,1-2H3. The monoisotopic (exact) mass is 776 g/mol. The van der Waals surface area contributed by atoms with Crippen LogP contribution in [0, 0.1) is 5.92 Å². The maximum atomic E-state index is 7.32. The molecule has 60 heavy (non-hydrogen) atoms. The lowest BCUT2D eigenvalue weighted by Gasteiger charge is -2.42. The highest BCUT2D eigenvalue weighted by Gasteiger charge is 2.44. The molecule has 0 N–H and O–H groups in total. The number of fused-ring (bicyclic) bond motifs is 10. The van der Waals surface area contributed by atoms with E-state index in [2.05, 4.69) is 206 Å². The van der Waals surface area contributed by atoms with E-state index in [4.69, 9.17) is 8.83 Å². The van der Waals surface area contributed by atoms with Crippen molar-refractivity contribution in [3.05, 3.63) is 210 Å². The lowest BCUT2D eigenvalue weighted by molar-refractivity contribution is 0.502. The first-order chi connectivity index (χ1) is 29.5. The third-order valence-electron chi connectivity index (χ3n) is 13.3. The van der Waals surface area contributed by atoms with Gasteiger partial charge in [0, 0.05) is 44.3 Å². The van der Waals surface area contributed by atoms with Gasteiger partial charge >= 0.3 is 0 Å².